The maximum atomic E-state index is 4.36. The highest BCUT2D eigenvalue weighted by Crippen LogP contribution is 2.18. The van der Waals surface area contributed by atoms with Crippen LogP contribution in [0.15, 0.2) is 12.3 Å². The van der Waals surface area contributed by atoms with Gasteiger partial charge in [-0.05, 0) is 26.0 Å². The molecule has 0 aliphatic carbocycles. The van der Waals surface area contributed by atoms with Gasteiger partial charge in [-0.15, -0.1) is 0 Å². The van der Waals surface area contributed by atoms with E-state index in [1.165, 1.54) is 5.69 Å². The number of likely N-dealkylation sites (N-methyl/N-ethyl adjacent to an activating group) is 1. The summed E-state index contributed by atoms with van der Waals surface area (Å²) in [6, 6.07) is 2.64. The lowest BCUT2D eigenvalue weighted by Crippen LogP contribution is -2.31. The third kappa shape index (κ3) is 3.06. The molecule has 0 fully saturated rings. The Morgan fingerprint density at radius 2 is 2.13 bits per heavy atom. The first-order valence-corrected chi connectivity index (χ1v) is 5.95. The van der Waals surface area contributed by atoms with Crippen molar-refractivity contribution < 1.29 is 0 Å². The van der Waals surface area contributed by atoms with E-state index in [0.29, 0.717) is 12.0 Å². The Kier molecular flexibility index (Phi) is 4.82. The van der Waals surface area contributed by atoms with Gasteiger partial charge in [-0.25, -0.2) is 0 Å². The molecule has 1 aromatic rings. The SMILES string of the molecule is CCCn1nccc1C(C)C(C)NCC. The third-order valence-electron chi connectivity index (χ3n) is 2.93. The topological polar surface area (TPSA) is 29.9 Å². The summed E-state index contributed by atoms with van der Waals surface area (Å²) >= 11 is 0. The molecule has 0 saturated heterocycles. The molecule has 2 atom stereocenters. The summed E-state index contributed by atoms with van der Waals surface area (Å²) in [4.78, 5) is 0. The van der Waals surface area contributed by atoms with Crippen molar-refractivity contribution in [2.24, 2.45) is 0 Å². The maximum Gasteiger partial charge on any atom is 0.0492 e. The zero-order chi connectivity index (χ0) is 11.3. The maximum absolute atomic E-state index is 4.36. The van der Waals surface area contributed by atoms with Gasteiger partial charge < -0.3 is 5.32 Å². The second-order valence-corrected chi connectivity index (χ2v) is 4.11. The van der Waals surface area contributed by atoms with Crippen molar-refractivity contribution in [1.29, 1.82) is 0 Å². The molecule has 0 aliphatic heterocycles. The first-order chi connectivity index (χ1) is 7.20. The molecule has 15 heavy (non-hydrogen) atoms. The number of aromatic nitrogens is 2. The molecule has 86 valence electrons. The van der Waals surface area contributed by atoms with Crippen LogP contribution in [-0.4, -0.2) is 22.4 Å². The van der Waals surface area contributed by atoms with Crippen LogP contribution in [0.5, 0.6) is 0 Å². The van der Waals surface area contributed by atoms with Crippen LogP contribution in [0.2, 0.25) is 0 Å². The molecule has 0 aromatic carbocycles. The number of hydrogen-bond acceptors (Lipinski definition) is 2. The highest BCUT2D eigenvalue weighted by atomic mass is 15.3. The van der Waals surface area contributed by atoms with Crippen LogP contribution in [0.3, 0.4) is 0 Å². The summed E-state index contributed by atoms with van der Waals surface area (Å²) < 4.78 is 2.12. The predicted molar refractivity (Wildman–Crippen MR) is 64.1 cm³/mol. The summed E-state index contributed by atoms with van der Waals surface area (Å²) in [6.07, 6.45) is 3.04. The average molecular weight is 209 g/mol. The Labute approximate surface area is 92.9 Å². The lowest BCUT2D eigenvalue weighted by Gasteiger charge is -2.21. The van der Waals surface area contributed by atoms with Crippen molar-refractivity contribution >= 4 is 0 Å². The quantitative estimate of drug-likeness (QED) is 0.779. The molecule has 0 amide bonds. The van der Waals surface area contributed by atoms with Crippen molar-refractivity contribution in [2.75, 3.05) is 6.54 Å². The standard InChI is InChI=1S/C12H23N3/c1-5-9-15-12(7-8-14-15)10(3)11(4)13-6-2/h7-8,10-11,13H,5-6,9H2,1-4H3. The fraction of sp³-hybridized carbons (Fsp3) is 0.750. The smallest absolute Gasteiger partial charge is 0.0492 e. The molecule has 0 bridgehead atoms. The van der Waals surface area contributed by atoms with Gasteiger partial charge in [-0.2, -0.15) is 5.10 Å². The molecular formula is C12H23N3. The zero-order valence-electron chi connectivity index (χ0n) is 10.3. The molecule has 0 radical (unpaired) electrons. The summed E-state index contributed by atoms with van der Waals surface area (Å²) in [5.41, 5.74) is 1.34. The fourth-order valence-corrected chi connectivity index (χ4v) is 1.88. The summed E-state index contributed by atoms with van der Waals surface area (Å²) in [7, 11) is 0. The van der Waals surface area contributed by atoms with E-state index in [0.717, 1.165) is 19.5 Å². The summed E-state index contributed by atoms with van der Waals surface area (Å²) in [6.45, 7) is 10.9. The van der Waals surface area contributed by atoms with Crippen molar-refractivity contribution in [1.82, 2.24) is 15.1 Å². The van der Waals surface area contributed by atoms with Crippen molar-refractivity contribution in [3.8, 4) is 0 Å². The van der Waals surface area contributed by atoms with Crippen LogP contribution in [0.4, 0.5) is 0 Å². The minimum atomic E-state index is 0.502. The van der Waals surface area contributed by atoms with Crippen molar-refractivity contribution in [3.63, 3.8) is 0 Å². The lowest BCUT2D eigenvalue weighted by atomic mass is 9.99. The lowest BCUT2D eigenvalue weighted by molar-refractivity contribution is 0.455. The van der Waals surface area contributed by atoms with E-state index in [4.69, 9.17) is 0 Å². The highest BCUT2D eigenvalue weighted by Gasteiger charge is 2.16. The van der Waals surface area contributed by atoms with E-state index in [-0.39, 0.29) is 0 Å². The van der Waals surface area contributed by atoms with E-state index in [1.54, 1.807) is 0 Å². The first-order valence-electron chi connectivity index (χ1n) is 5.95. The molecule has 3 nitrogen and oxygen atoms in total. The van der Waals surface area contributed by atoms with E-state index < -0.39 is 0 Å². The number of nitrogens with zero attached hydrogens (tertiary/aromatic N) is 2. The van der Waals surface area contributed by atoms with Crippen LogP contribution in [0.1, 0.15) is 45.7 Å². The van der Waals surface area contributed by atoms with Gasteiger partial charge in [0.1, 0.15) is 0 Å². The van der Waals surface area contributed by atoms with E-state index in [9.17, 15) is 0 Å². The number of aryl methyl sites for hydroxylation is 1. The van der Waals surface area contributed by atoms with E-state index >= 15 is 0 Å². The molecule has 2 unspecified atom stereocenters. The van der Waals surface area contributed by atoms with Crippen LogP contribution in [0, 0.1) is 0 Å². The number of rotatable bonds is 6. The van der Waals surface area contributed by atoms with Gasteiger partial charge in [0.15, 0.2) is 0 Å². The Bertz CT molecular complexity index is 280. The summed E-state index contributed by atoms with van der Waals surface area (Å²) in [5.74, 6) is 0.513. The number of nitrogens with one attached hydrogen (secondary N) is 1. The molecule has 1 heterocycles. The second-order valence-electron chi connectivity index (χ2n) is 4.11. The molecule has 1 rings (SSSR count). The van der Waals surface area contributed by atoms with E-state index in [2.05, 4.69) is 48.9 Å². The van der Waals surface area contributed by atoms with Gasteiger partial charge in [-0.1, -0.05) is 20.8 Å². The van der Waals surface area contributed by atoms with Gasteiger partial charge in [0, 0.05) is 30.4 Å². The largest absolute Gasteiger partial charge is 0.314 e. The van der Waals surface area contributed by atoms with Crippen LogP contribution in [-0.2, 0) is 6.54 Å². The molecule has 0 aliphatic rings. The van der Waals surface area contributed by atoms with Crippen LogP contribution >= 0.6 is 0 Å². The number of hydrogen-bond donors (Lipinski definition) is 1. The van der Waals surface area contributed by atoms with Crippen LogP contribution < -0.4 is 5.32 Å². The summed E-state index contributed by atoms with van der Waals surface area (Å²) in [5, 5.41) is 7.82. The second kappa shape index (κ2) is 5.91. The molecule has 1 N–H and O–H groups in total. The van der Waals surface area contributed by atoms with Crippen molar-refractivity contribution in [2.45, 2.75) is 52.6 Å². The van der Waals surface area contributed by atoms with Gasteiger partial charge in [0.05, 0.1) is 0 Å². The Balaban J connectivity index is 2.71. The highest BCUT2D eigenvalue weighted by molar-refractivity contribution is 5.09. The Morgan fingerprint density at radius 1 is 1.40 bits per heavy atom. The normalized spacial score (nSPS) is 15.2. The minimum Gasteiger partial charge on any atom is -0.314 e. The first kappa shape index (κ1) is 12.2. The molecule has 1 aromatic heterocycles. The van der Waals surface area contributed by atoms with Crippen molar-refractivity contribution in [3.05, 3.63) is 18.0 Å². The predicted octanol–water partition coefficient (Wildman–Crippen LogP) is 2.39. The van der Waals surface area contributed by atoms with Gasteiger partial charge in [0.25, 0.3) is 0 Å². The molecule has 0 spiro atoms. The Morgan fingerprint density at radius 3 is 2.73 bits per heavy atom. The van der Waals surface area contributed by atoms with Gasteiger partial charge in [-0.3, -0.25) is 4.68 Å². The van der Waals surface area contributed by atoms with Crippen LogP contribution in [0.25, 0.3) is 0 Å². The van der Waals surface area contributed by atoms with Gasteiger partial charge >= 0.3 is 0 Å². The third-order valence-corrected chi connectivity index (χ3v) is 2.93. The molecular weight excluding hydrogens is 186 g/mol. The zero-order valence-corrected chi connectivity index (χ0v) is 10.3. The van der Waals surface area contributed by atoms with Gasteiger partial charge in [0.2, 0.25) is 0 Å². The minimum absolute atomic E-state index is 0.502. The van der Waals surface area contributed by atoms with E-state index in [1.807, 2.05) is 6.20 Å². The fourth-order valence-electron chi connectivity index (χ4n) is 1.88. The Hall–Kier alpha value is -0.830. The monoisotopic (exact) mass is 209 g/mol. The molecule has 3 heteroatoms. The average Bonchev–Trinajstić information content (AvgIpc) is 2.66. The molecule has 0 saturated carbocycles.